The summed E-state index contributed by atoms with van der Waals surface area (Å²) in [6, 6.07) is 8.72. The quantitative estimate of drug-likeness (QED) is 0.771. The van der Waals surface area contributed by atoms with Crippen molar-refractivity contribution in [2.24, 2.45) is 17.8 Å². The van der Waals surface area contributed by atoms with E-state index in [-0.39, 0.29) is 19.0 Å². The van der Waals surface area contributed by atoms with Crippen LogP contribution in [0, 0.1) is 17.8 Å². The summed E-state index contributed by atoms with van der Waals surface area (Å²) in [7, 11) is -0.374. The topological polar surface area (TPSA) is 65.6 Å². The van der Waals surface area contributed by atoms with Crippen LogP contribution < -0.4 is 0 Å². The highest BCUT2D eigenvalue weighted by Gasteiger charge is 2.49. The molecule has 1 saturated carbocycles. The van der Waals surface area contributed by atoms with Gasteiger partial charge >= 0.3 is 5.97 Å². The van der Waals surface area contributed by atoms with Crippen LogP contribution in [0.15, 0.2) is 24.3 Å². The number of rotatable bonds is 1. The summed E-state index contributed by atoms with van der Waals surface area (Å²) in [5.41, 5.74) is 3.88. The number of hydrogen-bond acceptors (Lipinski definition) is 4. The number of aliphatic hydroxyl groups excluding tert-OH is 1. The lowest BCUT2D eigenvalue weighted by molar-refractivity contribution is -0.160. The van der Waals surface area contributed by atoms with Crippen molar-refractivity contribution < 1.29 is 16.0 Å². The summed E-state index contributed by atoms with van der Waals surface area (Å²) in [5, 5.41) is 11.8. The predicted molar refractivity (Wildman–Crippen MR) is 98.7 cm³/mol. The van der Waals surface area contributed by atoms with Crippen molar-refractivity contribution in [3.8, 4) is 0 Å². The first-order valence-electron chi connectivity index (χ1n) is 10.4. The van der Waals surface area contributed by atoms with Crippen molar-refractivity contribution in [1.29, 1.82) is 0 Å². The first-order valence-corrected chi connectivity index (χ1v) is 9.65. The molecule has 1 aromatic heterocycles. The van der Waals surface area contributed by atoms with Gasteiger partial charge in [-0.3, -0.25) is 9.69 Å². The Kier molecular flexibility index (Phi) is 3.57. The molecule has 1 aromatic carbocycles. The molecule has 5 heteroatoms. The number of aliphatic hydroxyl groups is 1. The fraction of sp³-hybridized carbons (Fsp3) is 0.571. The molecule has 5 atom stereocenters. The molecule has 138 valence electrons. The van der Waals surface area contributed by atoms with Gasteiger partial charge in [0.25, 0.3) is 0 Å². The number of carbonyl (C=O) groups is 1. The van der Waals surface area contributed by atoms with Gasteiger partial charge in [0.2, 0.25) is 0 Å². The van der Waals surface area contributed by atoms with Crippen LogP contribution in [-0.4, -0.2) is 47.2 Å². The Morgan fingerprint density at radius 3 is 3.15 bits per heavy atom. The van der Waals surface area contributed by atoms with Gasteiger partial charge in [-0.05, 0) is 49.1 Å². The van der Waals surface area contributed by atoms with Gasteiger partial charge in [-0.15, -0.1) is 0 Å². The number of ether oxygens (including phenoxy) is 1. The smallest absolute Gasteiger partial charge is 0.311 e. The summed E-state index contributed by atoms with van der Waals surface area (Å²) in [6.45, 7) is 2.02. The molecule has 0 bridgehead atoms. The molecule has 1 aliphatic carbocycles. The summed E-state index contributed by atoms with van der Waals surface area (Å²) in [4.78, 5) is 18.7. The Hall–Kier alpha value is -1.85. The number of methoxy groups -OCH3 is 1. The summed E-state index contributed by atoms with van der Waals surface area (Å²) in [6.07, 6.45) is 2.87. The third-order valence-corrected chi connectivity index (χ3v) is 6.96. The maximum atomic E-state index is 12.5. The highest BCUT2D eigenvalue weighted by atomic mass is 16.5. The molecule has 2 aliphatic heterocycles. The average molecular weight is 356 g/mol. The standard InChI is InChI=1S/C21H26N2O3/c1-26-21(25)19-15-10-17-20-14(13-4-2-3-5-16(13)22-20)8-9-23(17)11-12(15)6-7-18(19)24/h2-5,12,15,17-19,22,24H,6-11H2,1H3/t12-,15+,17+,18+,19+/m1/s1/i1T. The summed E-state index contributed by atoms with van der Waals surface area (Å²) in [5.74, 6) is -0.357. The minimum absolute atomic E-state index is 0.117. The van der Waals surface area contributed by atoms with Crippen LogP contribution in [0.3, 0.4) is 0 Å². The zero-order chi connectivity index (χ0) is 18.5. The summed E-state index contributed by atoms with van der Waals surface area (Å²) >= 11 is 0. The molecule has 5 rings (SSSR count). The van der Waals surface area contributed by atoms with E-state index in [0.29, 0.717) is 12.3 Å². The molecule has 0 amide bonds. The molecule has 2 aromatic rings. The van der Waals surface area contributed by atoms with Crippen molar-refractivity contribution in [2.75, 3.05) is 20.2 Å². The predicted octanol–water partition coefficient (Wildman–Crippen LogP) is 2.65. The van der Waals surface area contributed by atoms with Crippen LogP contribution in [0.5, 0.6) is 0 Å². The fourth-order valence-corrected chi connectivity index (χ4v) is 5.76. The number of para-hydroxylation sites is 1. The Balaban J connectivity index is 1.50. The van der Waals surface area contributed by atoms with E-state index in [9.17, 15) is 9.90 Å². The summed E-state index contributed by atoms with van der Waals surface area (Å²) < 4.78 is 12.2. The van der Waals surface area contributed by atoms with Crippen LogP contribution in [-0.2, 0) is 16.0 Å². The molecular formula is C21H26N2O3. The Labute approximate surface area is 154 Å². The van der Waals surface area contributed by atoms with Crippen LogP contribution in [0.2, 0.25) is 0 Å². The normalized spacial score (nSPS) is 34.5. The lowest BCUT2D eigenvalue weighted by Crippen LogP contribution is -2.53. The highest BCUT2D eigenvalue weighted by Crippen LogP contribution is 2.49. The SMILES string of the molecule is [3H]COC(=O)[C@H]1[C@H]2C[C@H]3c4[nH]c5ccccc5c4CCN3C[C@H]2CC[C@@H]1O. The van der Waals surface area contributed by atoms with Crippen molar-refractivity contribution in [3.63, 3.8) is 0 Å². The van der Waals surface area contributed by atoms with Crippen LogP contribution in [0.25, 0.3) is 10.9 Å². The van der Waals surface area contributed by atoms with Gasteiger partial charge in [-0.1, -0.05) is 18.2 Å². The van der Waals surface area contributed by atoms with E-state index >= 15 is 0 Å². The van der Waals surface area contributed by atoms with Gasteiger partial charge in [-0.25, -0.2) is 0 Å². The second-order valence-electron chi connectivity index (χ2n) is 8.12. The molecule has 3 heterocycles. The third kappa shape index (κ3) is 2.33. The van der Waals surface area contributed by atoms with E-state index in [4.69, 9.17) is 6.11 Å². The number of carbonyl (C=O) groups excluding carboxylic acids is 1. The van der Waals surface area contributed by atoms with Crippen LogP contribution in [0.1, 0.15) is 37.9 Å². The van der Waals surface area contributed by atoms with Crippen molar-refractivity contribution >= 4 is 16.9 Å². The molecule has 0 unspecified atom stereocenters. The Bertz CT molecular complexity index is 866. The van der Waals surface area contributed by atoms with Gasteiger partial charge in [0, 0.05) is 29.7 Å². The number of piperidine rings is 1. The minimum atomic E-state index is -0.650. The Morgan fingerprint density at radius 2 is 2.27 bits per heavy atom. The zero-order valence-electron chi connectivity index (χ0n) is 15.9. The lowest BCUT2D eigenvalue weighted by Gasteiger charge is -2.50. The fourth-order valence-electron chi connectivity index (χ4n) is 5.76. The molecular weight excluding hydrogens is 328 g/mol. The largest absolute Gasteiger partial charge is 0.469 e. The van der Waals surface area contributed by atoms with Crippen LogP contribution in [0.4, 0.5) is 0 Å². The third-order valence-electron chi connectivity index (χ3n) is 6.96. The van der Waals surface area contributed by atoms with E-state index in [1.165, 1.54) is 22.2 Å². The molecule has 1 saturated heterocycles. The van der Waals surface area contributed by atoms with Gasteiger partial charge in [0.15, 0.2) is 0 Å². The van der Waals surface area contributed by atoms with Crippen LogP contribution >= 0.6 is 0 Å². The number of aromatic nitrogens is 1. The molecule has 2 fully saturated rings. The number of fused-ring (bicyclic) bond motifs is 6. The van der Waals surface area contributed by atoms with E-state index in [2.05, 4.69) is 34.1 Å². The second-order valence-corrected chi connectivity index (χ2v) is 8.12. The highest BCUT2D eigenvalue weighted by molar-refractivity contribution is 5.85. The Morgan fingerprint density at radius 1 is 1.38 bits per heavy atom. The van der Waals surface area contributed by atoms with Crippen molar-refractivity contribution in [2.45, 2.75) is 37.8 Å². The zero-order valence-corrected chi connectivity index (χ0v) is 14.9. The van der Waals surface area contributed by atoms with E-state index in [1.54, 1.807) is 0 Å². The minimum Gasteiger partial charge on any atom is -0.469 e. The number of H-pyrrole nitrogens is 1. The van der Waals surface area contributed by atoms with Gasteiger partial charge in [-0.2, -0.15) is 0 Å². The van der Waals surface area contributed by atoms with Gasteiger partial charge in [0.05, 0.1) is 26.5 Å². The first-order chi connectivity index (χ1) is 13.2. The number of aromatic amines is 1. The van der Waals surface area contributed by atoms with Crippen molar-refractivity contribution in [3.05, 3.63) is 35.5 Å². The molecule has 26 heavy (non-hydrogen) atoms. The maximum Gasteiger partial charge on any atom is 0.311 e. The molecule has 0 radical (unpaired) electrons. The number of nitrogens with one attached hydrogen (secondary N) is 1. The van der Waals surface area contributed by atoms with E-state index in [1.807, 2.05) is 0 Å². The van der Waals surface area contributed by atoms with Gasteiger partial charge in [0.1, 0.15) is 0 Å². The van der Waals surface area contributed by atoms with Gasteiger partial charge < -0.3 is 14.8 Å². The molecule has 0 spiro atoms. The number of nitrogens with zero attached hydrogens (tertiary/aromatic N) is 1. The monoisotopic (exact) mass is 356 g/mol. The number of benzene rings is 1. The first kappa shape index (κ1) is 15.2. The van der Waals surface area contributed by atoms with Crippen molar-refractivity contribution in [1.82, 2.24) is 9.88 Å². The molecule has 3 aliphatic rings. The molecule has 5 nitrogen and oxygen atoms in total. The van der Waals surface area contributed by atoms with E-state index < -0.39 is 18.0 Å². The average Bonchev–Trinajstić information content (AvgIpc) is 3.06. The molecule has 2 N–H and O–H groups in total. The van der Waals surface area contributed by atoms with E-state index in [0.717, 1.165) is 32.4 Å². The lowest BCUT2D eigenvalue weighted by atomic mass is 9.65. The number of esters is 1. The maximum absolute atomic E-state index is 12.5. The number of hydrogen-bond donors (Lipinski definition) is 2. The second kappa shape index (κ2) is 6.10.